The molecule has 0 aliphatic carbocycles. The molecule has 0 aliphatic heterocycles. The number of nitrogens with zero attached hydrogens (tertiary/aromatic N) is 1. The molecule has 0 unspecified atom stereocenters. The van der Waals surface area contributed by atoms with Gasteiger partial charge in [-0.15, -0.1) is 0 Å². The van der Waals surface area contributed by atoms with Crippen molar-refractivity contribution >= 4 is 34.5 Å². The Morgan fingerprint density at radius 3 is 2.32 bits per heavy atom. The van der Waals surface area contributed by atoms with Gasteiger partial charge in [-0.3, -0.25) is 4.79 Å². The minimum Gasteiger partial charge on any atom is -1.00 e. The molecule has 0 atom stereocenters. The first-order chi connectivity index (χ1) is 17.6. The highest BCUT2D eigenvalue weighted by molar-refractivity contribution is 7.09. The van der Waals surface area contributed by atoms with Crippen molar-refractivity contribution in [2.75, 3.05) is 11.9 Å². The van der Waals surface area contributed by atoms with Crippen LogP contribution in [0.4, 0.5) is 5.69 Å². The summed E-state index contributed by atoms with van der Waals surface area (Å²) in [5.74, 6) is 0.373. The number of anilines is 1. The summed E-state index contributed by atoms with van der Waals surface area (Å²) in [5.41, 5.74) is 4.38. The SMILES string of the molecule is CCCCCCCCCCCCOc1c(Cl)cccc1NC(=O)c1cccc(C[n+]2csc(C)c2)c1.[Br-]. The molecule has 7 heteroatoms. The Hall–Kier alpha value is -1.89. The van der Waals surface area contributed by atoms with E-state index in [1.54, 1.807) is 17.4 Å². The number of halogens is 2. The number of carbonyl (C=O) groups is 1. The molecule has 2 aromatic carbocycles. The Morgan fingerprint density at radius 1 is 0.973 bits per heavy atom. The van der Waals surface area contributed by atoms with E-state index >= 15 is 0 Å². The largest absolute Gasteiger partial charge is 1.00 e. The fourth-order valence-electron chi connectivity index (χ4n) is 4.26. The zero-order chi connectivity index (χ0) is 25.6. The molecule has 1 aromatic heterocycles. The van der Waals surface area contributed by atoms with Crippen LogP contribution >= 0.6 is 22.9 Å². The summed E-state index contributed by atoms with van der Waals surface area (Å²) in [4.78, 5) is 14.3. The van der Waals surface area contributed by atoms with E-state index in [0.717, 1.165) is 24.9 Å². The topological polar surface area (TPSA) is 42.2 Å². The second-order valence-electron chi connectivity index (χ2n) is 9.44. The molecule has 3 aromatic rings. The third-order valence-corrected chi connectivity index (χ3v) is 7.39. The second kappa shape index (κ2) is 17.6. The molecule has 1 N–H and O–H groups in total. The summed E-state index contributed by atoms with van der Waals surface area (Å²) in [6, 6.07) is 13.2. The number of amides is 1. The number of carbonyl (C=O) groups excluding carboxylic acids is 1. The van der Waals surface area contributed by atoms with Crippen LogP contribution in [0.2, 0.25) is 5.02 Å². The predicted octanol–water partition coefficient (Wildman–Crippen LogP) is 5.60. The maximum absolute atomic E-state index is 13.0. The van der Waals surface area contributed by atoms with E-state index in [4.69, 9.17) is 16.3 Å². The van der Waals surface area contributed by atoms with Crippen molar-refractivity contribution in [1.82, 2.24) is 0 Å². The van der Waals surface area contributed by atoms with Crippen molar-refractivity contribution in [3.05, 3.63) is 75.2 Å². The third-order valence-electron chi connectivity index (χ3n) is 6.24. The highest BCUT2D eigenvalue weighted by atomic mass is 79.9. The summed E-state index contributed by atoms with van der Waals surface area (Å²) in [7, 11) is 0. The Bertz CT molecular complexity index is 1090. The molecule has 202 valence electrons. The van der Waals surface area contributed by atoms with E-state index in [2.05, 4.69) is 35.4 Å². The summed E-state index contributed by atoms with van der Waals surface area (Å²) in [6.45, 7) is 5.67. The number of unbranched alkanes of at least 4 members (excludes halogenated alkanes) is 9. The lowest BCUT2D eigenvalue weighted by atomic mass is 10.1. The van der Waals surface area contributed by atoms with Crippen LogP contribution in [0.3, 0.4) is 0 Å². The van der Waals surface area contributed by atoms with Gasteiger partial charge in [0.15, 0.2) is 18.5 Å². The van der Waals surface area contributed by atoms with Crippen molar-refractivity contribution in [3.63, 3.8) is 0 Å². The highest BCUT2D eigenvalue weighted by Crippen LogP contribution is 2.33. The van der Waals surface area contributed by atoms with Crippen molar-refractivity contribution < 1.29 is 31.1 Å². The van der Waals surface area contributed by atoms with Gasteiger partial charge in [-0.2, -0.15) is 4.57 Å². The molecule has 0 fully saturated rings. The van der Waals surface area contributed by atoms with E-state index in [9.17, 15) is 4.79 Å². The fourth-order valence-corrected chi connectivity index (χ4v) is 5.12. The summed E-state index contributed by atoms with van der Waals surface area (Å²) >= 11 is 8.14. The smallest absolute Gasteiger partial charge is 0.255 e. The molecule has 1 heterocycles. The molecule has 4 nitrogen and oxygen atoms in total. The first-order valence-corrected chi connectivity index (χ1v) is 14.6. The number of benzene rings is 2. The first kappa shape index (κ1) is 31.3. The number of hydrogen-bond acceptors (Lipinski definition) is 3. The molecule has 0 radical (unpaired) electrons. The molecule has 1 amide bonds. The van der Waals surface area contributed by atoms with Crippen LogP contribution in [0.5, 0.6) is 5.75 Å². The molecule has 37 heavy (non-hydrogen) atoms. The van der Waals surface area contributed by atoms with Gasteiger partial charge >= 0.3 is 0 Å². The van der Waals surface area contributed by atoms with Gasteiger partial charge in [0.1, 0.15) is 0 Å². The normalized spacial score (nSPS) is 10.7. The number of rotatable bonds is 16. The summed E-state index contributed by atoms with van der Waals surface area (Å²) in [5, 5.41) is 3.51. The number of para-hydroxylation sites is 1. The average Bonchev–Trinajstić information content (AvgIpc) is 3.28. The van der Waals surface area contributed by atoms with Gasteiger partial charge in [0, 0.05) is 11.1 Å². The van der Waals surface area contributed by atoms with E-state index in [-0.39, 0.29) is 22.9 Å². The second-order valence-corrected chi connectivity index (χ2v) is 10.9. The maximum Gasteiger partial charge on any atom is 0.255 e. The Balaban J connectivity index is 0.00000481. The van der Waals surface area contributed by atoms with Crippen LogP contribution in [-0.2, 0) is 6.54 Å². The average molecular weight is 608 g/mol. The zero-order valence-electron chi connectivity index (χ0n) is 22.1. The van der Waals surface area contributed by atoms with E-state index < -0.39 is 0 Å². The predicted molar refractivity (Wildman–Crippen MR) is 152 cm³/mol. The van der Waals surface area contributed by atoms with E-state index in [0.29, 0.717) is 28.6 Å². The molecule has 0 aliphatic rings. The Morgan fingerprint density at radius 2 is 1.65 bits per heavy atom. The van der Waals surface area contributed by atoms with Crippen LogP contribution in [0.25, 0.3) is 0 Å². The van der Waals surface area contributed by atoms with Crippen LogP contribution in [0.1, 0.15) is 91.9 Å². The molecular formula is C30H40BrClN2O2S. The summed E-state index contributed by atoms with van der Waals surface area (Å²) in [6.07, 6.45) is 14.9. The Labute approximate surface area is 242 Å². The molecular weight excluding hydrogens is 568 g/mol. The van der Waals surface area contributed by atoms with Gasteiger partial charge in [-0.05, 0) is 37.6 Å². The van der Waals surface area contributed by atoms with Gasteiger partial charge in [-0.25, -0.2) is 0 Å². The third kappa shape index (κ3) is 11.2. The van der Waals surface area contributed by atoms with E-state index in [1.807, 2.05) is 36.4 Å². The number of aryl methyl sites for hydroxylation is 1. The number of nitrogens with one attached hydrogen (secondary N) is 1. The highest BCUT2D eigenvalue weighted by Gasteiger charge is 2.14. The van der Waals surface area contributed by atoms with Crippen LogP contribution in [0.15, 0.2) is 54.2 Å². The number of ether oxygens (including phenoxy) is 1. The van der Waals surface area contributed by atoms with Crippen molar-refractivity contribution in [2.24, 2.45) is 0 Å². The maximum atomic E-state index is 13.0. The van der Waals surface area contributed by atoms with Crippen molar-refractivity contribution in [2.45, 2.75) is 84.6 Å². The van der Waals surface area contributed by atoms with E-state index in [1.165, 1.54) is 56.2 Å². The summed E-state index contributed by atoms with van der Waals surface area (Å²) < 4.78 is 8.17. The molecule has 0 saturated heterocycles. The van der Waals surface area contributed by atoms with Gasteiger partial charge < -0.3 is 27.0 Å². The number of thiazole rings is 1. The molecule has 0 saturated carbocycles. The molecule has 3 rings (SSSR count). The molecule has 0 bridgehead atoms. The lowest BCUT2D eigenvalue weighted by molar-refractivity contribution is -0.683. The van der Waals surface area contributed by atoms with Gasteiger partial charge in [-0.1, -0.05) is 106 Å². The Kier molecular flexibility index (Phi) is 14.9. The standard InChI is InChI=1S/C30H39ClN2O2S.BrH/c1-3-4-5-6-7-8-9-10-11-12-19-35-29-27(31)17-14-18-28(29)32-30(34)26-16-13-15-25(20-26)22-33-21-24(2)36-23-33;/h13-18,20-21,23H,3-12,19,22H2,1-2H3;1H. The number of aromatic nitrogens is 1. The van der Waals surface area contributed by atoms with Gasteiger partial charge in [0.2, 0.25) is 5.51 Å². The van der Waals surface area contributed by atoms with Crippen molar-refractivity contribution in [1.29, 1.82) is 0 Å². The monoisotopic (exact) mass is 606 g/mol. The fraction of sp³-hybridized carbons (Fsp3) is 0.467. The lowest BCUT2D eigenvalue weighted by Crippen LogP contribution is -3.00. The van der Waals surface area contributed by atoms with Crippen LogP contribution in [-0.4, -0.2) is 12.5 Å². The first-order valence-electron chi connectivity index (χ1n) is 13.3. The van der Waals surface area contributed by atoms with Crippen LogP contribution < -0.4 is 31.6 Å². The lowest BCUT2D eigenvalue weighted by Gasteiger charge is -2.14. The minimum atomic E-state index is -0.172. The van der Waals surface area contributed by atoms with Gasteiger partial charge in [0.05, 0.1) is 22.2 Å². The minimum absolute atomic E-state index is 0. The van der Waals surface area contributed by atoms with Crippen LogP contribution in [0, 0.1) is 6.92 Å². The van der Waals surface area contributed by atoms with Gasteiger partial charge in [0.25, 0.3) is 5.91 Å². The zero-order valence-corrected chi connectivity index (χ0v) is 25.3. The quantitative estimate of drug-likeness (QED) is 0.170. The van der Waals surface area contributed by atoms with Crippen molar-refractivity contribution in [3.8, 4) is 5.75 Å². The molecule has 0 spiro atoms. The number of hydrogen-bond donors (Lipinski definition) is 1.